The second kappa shape index (κ2) is 10.8. The van der Waals surface area contributed by atoms with Crippen molar-refractivity contribution < 1.29 is 9.59 Å². The topological polar surface area (TPSA) is 52.7 Å². The van der Waals surface area contributed by atoms with Crippen LogP contribution in [0, 0.1) is 11.3 Å². The largest absolute Gasteiger partial charge is 0.336 e. The molecule has 6 heteroatoms. The number of carbonyl (C=O) groups is 2. The lowest BCUT2D eigenvalue weighted by atomic mass is 9.72. The van der Waals surface area contributed by atoms with Crippen LogP contribution in [-0.4, -0.2) is 47.8 Å². The van der Waals surface area contributed by atoms with Crippen molar-refractivity contribution in [2.45, 2.75) is 46.6 Å². The highest BCUT2D eigenvalue weighted by atomic mass is 32.1. The lowest BCUT2D eigenvalue weighted by molar-refractivity contribution is 0.0628. The van der Waals surface area contributed by atoms with E-state index in [1.165, 1.54) is 10.4 Å². The Morgan fingerprint density at radius 2 is 1.59 bits per heavy atom. The molecule has 1 atom stereocenters. The normalized spacial score (nSPS) is 18.4. The smallest absolute Gasteiger partial charge is 0.257 e. The van der Waals surface area contributed by atoms with Crippen molar-refractivity contribution in [2.75, 3.05) is 31.5 Å². The van der Waals surface area contributed by atoms with E-state index in [0.717, 1.165) is 50.0 Å². The third-order valence-electron chi connectivity index (χ3n) is 7.88. The zero-order valence-corrected chi connectivity index (χ0v) is 22.9. The summed E-state index contributed by atoms with van der Waals surface area (Å²) in [4.78, 5) is 32.7. The van der Waals surface area contributed by atoms with Crippen molar-refractivity contribution in [3.05, 3.63) is 87.8 Å². The van der Waals surface area contributed by atoms with E-state index in [9.17, 15) is 9.59 Å². The number of benzene rings is 2. The summed E-state index contributed by atoms with van der Waals surface area (Å²) in [5, 5.41) is 3.83. The molecule has 2 aliphatic rings. The number of fused-ring (bicyclic) bond motifs is 1. The van der Waals surface area contributed by atoms with Gasteiger partial charge >= 0.3 is 0 Å². The first-order valence-corrected chi connectivity index (χ1v) is 14.2. The molecule has 0 bridgehead atoms. The van der Waals surface area contributed by atoms with Crippen LogP contribution in [0.4, 0.5) is 5.00 Å². The summed E-state index contributed by atoms with van der Waals surface area (Å²) in [6, 6.07) is 19.8. The van der Waals surface area contributed by atoms with E-state index in [4.69, 9.17) is 0 Å². The molecule has 1 aliphatic heterocycles. The van der Waals surface area contributed by atoms with Gasteiger partial charge in [0.1, 0.15) is 5.00 Å². The molecule has 1 saturated heterocycles. The van der Waals surface area contributed by atoms with Crippen LogP contribution >= 0.6 is 11.3 Å². The summed E-state index contributed by atoms with van der Waals surface area (Å²) in [7, 11) is 0. The summed E-state index contributed by atoms with van der Waals surface area (Å²) in [6.45, 7) is 10.9. The Hall–Kier alpha value is -2.96. The second-order valence-corrected chi connectivity index (χ2v) is 12.5. The zero-order valence-electron chi connectivity index (χ0n) is 22.1. The van der Waals surface area contributed by atoms with Crippen molar-refractivity contribution in [1.82, 2.24) is 9.80 Å². The maximum atomic E-state index is 14.0. The molecule has 2 aromatic carbocycles. The maximum Gasteiger partial charge on any atom is 0.257 e. The number of piperazine rings is 1. The van der Waals surface area contributed by atoms with Gasteiger partial charge in [-0.3, -0.25) is 14.5 Å². The van der Waals surface area contributed by atoms with E-state index >= 15 is 0 Å². The number of rotatable bonds is 5. The molecular weight excluding hydrogens is 478 g/mol. The van der Waals surface area contributed by atoms with Crippen molar-refractivity contribution in [2.24, 2.45) is 11.3 Å². The van der Waals surface area contributed by atoms with Crippen molar-refractivity contribution in [3.63, 3.8) is 0 Å². The molecule has 1 fully saturated rings. The van der Waals surface area contributed by atoms with E-state index in [-0.39, 0.29) is 17.2 Å². The highest BCUT2D eigenvalue weighted by Gasteiger charge is 2.36. The third-order valence-corrected chi connectivity index (χ3v) is 9.05. The molecule has 5 rings (SSSR count). The Morgan fingerprint density at radius 1 is 0.946 bits per heavy atom. The van der Waals surface area contributed by atoms with Crippen LogP contribution in [0.5, 0.6) is 0 Å². The Balaban J connectivity index is 1.36. The van der Waals surface area contributed by atoms with Crippen LogP contribution in [-0.2, 0) is 19.4 Å². The van der Waals surface area contributed by atoms with Gasteiger partial charge in [-0.1, -0.05) is 69.3 Å². The van der Waals surface area contributed by atoms with Gasteiger partial charge in [-0.15, -0.1) is 11.3 Å². The lowest BCUT2D eigenvalue weighted by Crippen LogP contribution is -2.48. The van der Waals surface area contributed by atoms with Crippen molar-refractivity contribution in [1.29, 1.82) is 0 Å². The van der Waals surface area contributed by atoms with E-state index in [1.54, 1.807) is 11.3 Å². The second-order valence-electron chi connectivity index (χ2n) is 11.4. The van der Waals surface area contributed by atoms with Crippen molar-refractivity contribution in [3.8, 4) is 0 Å². The molecule has 0 saturated carbocycles. The summed E-state index contributed by atoms with van der Waals surface area (Å²) in [6.07, 6.45) is 2.93. The molecule has 1 aromatic heterocycles. The van der Waals surface area contributed by atoms with Gasteiger partial charge in [0.25, 0.3) is 11.8 Å². The molecule has 3 aromatic rings. The van der Waals surface area contributed by atoms with E-state index < -0.39 is 0 Å². The average Bonchev–Trinajstić information content (AvgIpc) is 3.26. The van der Waals surface area contributed by atoms with Gasteiger partial charge in [-0.2, -0.15) is 0 Å². The van der Waals surface area contributed by atoms with Crippen LogP contribution in [0.1, 0.15) is 63.9 Å². The molecule has 194 valence electrons. The molecule has 2 amide bonds. The standard InChI is InChI=1S/C31H37N3O2S/c1-31(2,3)24-14-15-25-26(20-24)37-29(32-28(35)23-12-8-5-9-13-23)27(25)30(36)34-18-16-33(17-19-34)21-22-10-6-4-7-11-22/h4-13,24H,14-21H2,1-3H3,(H,32,35)/t24-/m0/s1. The first kappa shape index (κ1) is 25.7. The maximum absolute atomic E-state index is 14.0. The summed E-state index contributed by atoms with van der Waals surface area (Å²) in [5.41, 5.74) is 4.01. The Labute approximate surface area is 224 Å². The lowest BCUT2D eigenvalue weighted by Gasteiger charge is -2.36. The van der Waals surface area contributed by atoms with Gasteiger partial charge in [0, 0.05) is 43.2 Å². The number of hydrogen-bond donors (Lipinski definition) is 1. The van der Waals surface area contributed by atoms with E-state index in [1.807, 2.05) is 41.3 Å². The number of amides is 2. The molecular formula is C31H37N3O2S. The van der Waals surface area contributed by atoms with Gasteiger partial charge in [0.15, 0.2) is 0 Å². The minimum absolute atomic E-state index is 0.0643. The quantitative estimate of drug-likeness (QED) is 0.446. The number of hydrogen-bond acceptors (Lipinski definition) is 4. The van der Waals surface area contributed by atoms with Crippen LogP contribution in [0.25, 0.3) is 0 Å². The fourth-order valence-corrected chi connectivity index (χ4v) is 6.83. The highest BCUT2D eigenvalue weighted by molar-refractivity contribution is 7.17. The third kappa shape index (κ3) is 5.81. The van der Waals surface area contributed by atoms with Gasteiger partial charge in [-0.25, -0.2) is 0 Å². The van der Waals surface area contributed by atoms with Crippen molar-refractivity contribution >= 4 is 28.2 Å². The first-order valence-electron chi connectivity index (χ1n) is 13.4. The SMILES string of the molecule is CC(C)(C)[C@H]1CCc2c(sc(NC(=O)c3ccccc3)c2C(=O)N2CCN(Cc3ccccc3)CC2)C1. The Kier molecular flexibility index (Phi) is 7.50. The average molecular weight is 516 g/mol. The van der Waals surface area contributed by atoms with Crippen LogP contribution in [0.15, 0.2) is 60.7 Å². The molecule has 5 nitrogen and oxygen atoms in total. The monoisotopic (exact) mass is 515 g/mol. The summed E-state index contributed by atoms with van der Waals surface area (Å²) in [5.74, 6) is 0.475. The molecule has 1 N–H and O–H groups in total. The summed E-state index contributed by atoms with van der Waals surface area (Å²) >= 11 is 1.61. The van der Waals surface area contributed by atoms with Gasteiger partial charge in [0.2, 0.25) is 0 Å². The number of anilines is 1. The molecule has 37 heavy (non-hydrogen) atoms. The predicted octanol–water partition coefficient (Wildman–Crippen LogP) is 6.11. The highest BCUT2D eigenvalue weighted by Crippen LogP contribution is 2.44. The van der Waals surface area contributed by atoms with Crippen LogP contribution < -0.4 is 5.32 Å². The van der Waals surface area contributed by atoms with Crippen LogP contribution in [0.3, 0.4) is 0 Å². The predicted molar refractivity (Wildman–Crippen MR) is 151 cm³/mol. The van der Waals surface area contributed by atoms with E-state index in [2.05, 4.69) is 55.3 Å². The fraction of sp³-hybridized carbons (Fsp3) is 0.419. The van der Waals surface area contributed by atoms with Gasteiger partial charge < -0.3 is 10.2 Å². The van der Waals surface area contributed by atoms with E-state index in [0.29, 0.717) is 29.6 Å². The number of nitrogens with zero attached hydrogens (tertiary/aromatic N) is 2. The van der Waals surface area contributed by atoms with Gasteiger partial charge in [-0.05, 0) is 53.9 Å². The minimum atomic E-state index is -0.159. The number of nitrogens with one attached hydrogen (secondary N) is 1. The first-order chi connectivity index (χ1) is 17.8. The molecule has 0 radical (unpaired) electrons. The number of thiophene rings is 1. The minimum Gasteiger partial charge on any atom is -0.336 e. The Bertz CT molecular complexity index is 1240. The molecule has 0 spiro atoms. The molecule has 2 heterocycles. The van der Waals surface area contributed by atoms with Crippen LogP contribution in [0.2, 0.25) is 0 Å². The number of carbonyl (C=O) groups excluding carboxylic acids is 2. The molecule has 1 aliphatic carbocycles. The van der Waals surface area contributed by atoms with Gasteiger partial charge in [0.05, 0.1) is 5.56 Å². The molecule has 0 unspecified atom stereocenters. The zero-order chi connectivity index (χ0) is 26.0. The Morgan fingerprint density at radius 3 is 2.24 bits per heavy atom. The summed E-state index contributed by atoms with van der Waals surface area (Å²) < 4.78 is 0. The fourth-order valence-electron chi connectivity index (χ4n) is 5.51.